The molecule has 0 fully saturated rings. The van der Waals surface area contributed by atoms with Gasteiger partial charge in [0.15, 0.2) is 10.3 Å². The Bertz CT molecular complexity index is 631. The molecule has 0 saturated heterocycles. The number of aromatic nitrogens is 2. The quantitative estimate of drug-likeness (QED) is 0.856. The Morgan fingerprint density at radius 1 is 1.16 bits per heavy atom. The number of rotatable bonds is 2. The summed E-state index contributed by atoms with van der Waals surface area (Å²) in [4.78, 5) is 19.2. The fourth-order valence-corrected chi connectivity index (χ4v) is 1.87. The van der Waals surface area contributed by atoms with E-state index in [1.165, 1.54) is 12.1 Å². The molecule has 0 radical (unpaired) electrons. The summed E-state index contributed by atoms with van der Waals surface area (Å²) in [6.07, 6.45) is 1.14. The molecule has 0 aliphatic heterocycles. The molecule has 1 aromatic heterocycles. The molecule has 0 saturated carbocycles. The molecule has 1 aromatic carbocycles. The molecule has 4 nitrogen and oxygen atoms in total. The molecule has 0 unspecified atom stereocenters. The number of halogens is 4. The number of amides is 1. The van der Waals surface area contributed by atoms with Crippen LogP contribution in [0.2, 0.25) is 15.3 Å². The van der Waals surface area contributed by atoms with Gasteiger partial charge in [-0.15, -0.1) is 0 Å². The van der Waals surface area contributed by atoms with Crippen molar-refractivity contribution in [2.45, 2.75) is 0 Å². The highest BCUT2D eigenvalue weighted by Gasteiger charge is 2.16. The number of anilines is 1. The second kappa shape index (κ2) is 5.69. The lowest BCUT2D eigenvalue weighted by atomic mass is 10.2. The van der Waals surface area contributed by atoms with Crippen molar-refractivity contribution in [2.75, 3.05) is 5.32 Å². The lowest BCUT2D eigenvalue weighted by Gasteiger charge is -2.08. The van der Waals surface area contributed by atoms with Gasteiger partial charge in [0.05, 0.1) is 5.56 Å². The fourth-order valence-electron chi connectivity index (χ4n) is 1.30. The van der Waals surface area contributed by atoms with E-state index >= 15 is 0 Å². The Hall–Kier alpha value is -1.43. The smallest absolute Gasteiger partial charge is 0.258 e. The first-order valence-electron chi connectivity index (χ1n) is 4.91. The predicted octanol–water partition coefficient (Wildman–Crippen LogP) is 3.83. The van der Waals surface area contributed by atoms with E-state index < -0.39 is 11.7 Å². The lowest BCUT2D eigenvalue weighted by molar-refractivity contribution is 0.102. The number of carbonyl (C=O) groups excluding carboxylic acids is 1. The van der Waals surface area contributed by atoms with Crippen LogP contribution in [0.15, 0.2) is 24.5 Å². The molecule has 1 N–H and O–H groups in total. The van der Waals surface area contributed by atoms with E-state index in [1.54, 1.807) is 0 Å². The summed E-state index contributed by atoms with van der Waals surface area (Å²) >= 11 is 17.1. The van der Waals surface area contributed by atoms with E-state index in [9.17, 15) is 9.18 Å². The maximum atomic E-state index is 13.6. The van der Waals surface area contributed by atoms with Crippen molar-refractivity contribution in [2.24, 2.45) is 0 Å². The van der Waals surface area contributed by atoms with Crippen LogP contribution in [0.5, 0.6) is 0 Å². The average Bonchev–Trinajstić information content (AvgIpc) is 2.33. The van der Waals surface area contributed by atoms with Crippen molar-refractivity contribution < 1.29 is 9.18 Å². The van der Waals surface area contributed by atoms with Gasteiger partial charge in [0.2, 0.25) is 0 Å². The summed E-state index contributed by atoms with van der Waals surface area (Å²) in [5.74, 6) is -1.48. The monoisotopic (exact) mass is 319 g/mol. The van der Waals surface area contributed by atoms with Crippen molar-refractivity contribution in [3.63, 3.8) is 0 Å². The van der Waals surface area contributed by atoms with Crippen LogP contribution >= 0.6 is 34.8 Å². The normalized spacial score (nSPS) is 10.3. The highest BCUT2D eigenvalue weighted by Crippen LogP contribution is 2.26. The van der Waals surface area contributed by atoms with Gasteiger partial charge in [-0.1, -0.05) is 34.8 Å². The van der Waals surface area contributed by atoms with Crippen molar-refractivity contribution in [1.82, 2.24) is 9.97 Å². The van der Waals surface area contributed by atoms with E-state index in [0.29, 0.717) is 0 Å². The maximum Gasteiger partial charge on any atom is 0.258 e. The Balaban J connectivity index is 2.31. The Morgan fingerprint density at radius 2 is 1.79 bits per heavy atom. The minimum absolute atomic E-state index is 0.0187. The second-order valence-electron chi connectivity index (χ2n) is 3.41. The molecule has 0 atom stereocenters. The molecule has 1 amide bonds. The van der Waals surface area contributed by atoms with Gasteiger partial charge < -0.3 is 5.32 Å². The first-order chi connectivity index (χ1) is 8.99. The van der Waals surface area contributed by atoms with Crippen LogP contribution in [0.4, 0.5) is 10.1 Å². The van der Waals surface area contributed by atoms with Crippen molar-refractivity contribution in [1.29, 1.82) is 0 Å². The topological polar surface area (TPSA) is 54.9 Å². The molecule has 1 heterocycles. The van der Waals surface area contributed by atoms with E-state index in [1.807, 2.05) is 0 Å². The number of nitrogens with one attached hydrogen (secondary N) is 1. The summed E-state index contributed by atoms with van der Waals surface area (Å²) < 4.78 is 13.6. The van der Waals surface area contributed by atoms with Gasteiger partial charge in [0, 0.05) is 5.02 Å². The first kappa shape index (κ1) is 14.0. The molecule has 2 rings (SSSR count). The Labute approximate surface area is 122 Å². The highest BCUT2D eigenvalue weighted by molar-refractivity contribution is 6.38. The number of nitrogens with zero attached hydrogens (tertiary/aromatic N) is 2. The SMILES string of the molecule is O=C(Nc1c(Cl)ncnc1Cl)c1ccc(Cl)cc1F. The van der Waals surface area contributed by atoms with Crippen molar-refractivity contribution in [3.05, 3.63) is 51.2 Å². The predicted molar refractivity (Wildman–Crippen MR) is 71.4 cm³/mol. The molecular weight excluding hydrogens is 315 g/mol. The largest absolute Gasteiger partial charge is 0.317 e. The van der Waals surface area contributed by atoms with E-state index in [0.717, 1.165) is 12.4 Å². The van der Waals surface area contributed by atoms with Gasteiger partial charge in [-0.3, -0.25) is 4.79 Å². The summed E-state index contributed by atoms with van der Waals surface area (Å²) in [6, 6.07) is 3.67. The summed E-state index contributed by atoms with van der Waals surface area (Å²) in [6.45, 7) is 0. The molecular formula is C11H5Cl3FN3O. The zero-order valence-corrected chi connectivity index (χ0v) is 11.4. The number of hydrogen-bond acceptors (Lipinski definition) is 3. The lowest BCUT2D eigenvalue weighted by Crippen LogP contribution is -2.15. The van der Waals surface area contributed by atoms with Gasteiger partial charge in [-0.05, 0) is 18.2 Å². The van der Waals surface area contributed by atoms with E-state index in [4.69, 9.17) is 34.8 Å². The third kappa shape index (κ3) is 3.12. The summed E-state index contributed by atoms with van der Waals surface area (Å²) in [5.41, 5.74) is -0.175. The third-order valence-electron chi connectivity index (χ3n) is 2.17. The fraction of sp³-hybridized carbons (Fsp3) is 0. The van der Waals surface area contributed by atoms with Gasteiger partial charge in [0.25, 0.3) is 5.91 Å². The molecule has 0 spiro atoms. The van der Waals surface area contributed by atoms with Crippen LogP contribution in [-0.4, -0.2) is 15.9 Å². The molecule has 8 heteroatoms. The van der Waals surface area contributed by atoms with Gasteiger partial charge in [-0.25, -0.2) is 14.4 Å². The minimum Gasteiger partial charge on any atom is -0.317 e. The average molecular weight is 321 g/mol. The van der Waals surface area contributed by atoms with Gasteiger partial charge in [-0.2, -0.15) is 0 Å². The standard InChI is InChI=1S/C11H5Cl3FN3O/c12-5-1-2-6(7(15)3-5)11(19)18-8-9(13)16-4-17-10(8)14/h1-4H,(H,18,19). The van der Waals surface area contributed by atoms with Crippen LogP contribution < -0.4 is 5.32 Å². The van der Waals surface area contributed by atoms with Crippen molar-refractivity contribution >= 4 is 46.4 Å². The molecule has 98 valence electrons. The van der Waals surface area contributed by atoms with Crippen LogP contribution in [0, 0.1) is 5.82 Å². The first-order valence-corrected chi connectivity index (χ1v) is 6.05. The summed E-state index contributed by atoms with van der Waals surface area (Å²) in [5, 5.41) is 2.45. The van der Waals surface area contributed by atoms with Crippen LogP contribution in [0.1, 0.15) is 10.4 Å². The second-order valence-corrected chi connectivity index (χ2v) is 4.56. The number of hydrogen-bond donors (Lipinski definition) is 1. The number of benzene rings is 1. The molecule has 2 aromatic rings. The highest BCUT2D eigenvalue weighted by atomic mass is 35.5. The van der Waals surface area contributed by atoms with E-state index in [-0.39, 0.29) is 26.6 Å². The Morgan fingerprint density at radius 3 is 2.37 bits per heavy atom. The minimum atomic E-state index is -0.755. The van der Waals surface area contributed by atoms with Gasteiger partial charge >= 0.3 is 0 Å². The molecule has 19 heavy (non-hydrogen) atoms. The van der Waals surface area contributed by atoms with Gasteiger partial charge in [0.1, 0.15) is 17.8 Å². The van der Waals surface area contributed by atoms with Crippen LogP contribution in [0.25, 0.3) is 0 Å². The zero-order chi connectivity index (χ0) is 14.0. The zero-order valence-electron chi connectivity index (χ0n) is 9.12. The number of carbonyl (C=O) groups is 1. The van der Waals surface area contributed by atoms with Crippen molar-refractivity contribution in [3.8, 4) is 0 Å². The molecule has 0 bridgehead atoms. The molecule has 0 aliphatic carbocycles. The Kier molecular flexibility index (Phi) is 4.19. The molecule has 0 aliphatic rings. The third-order valence-corrected chi connectivity index (χ3v) is 2.98. The summed E-state index contributed by atoms with van der Waals surface area (Å²) in [7, 11) is 0. The van der Waals surface area contributed by atoms with E-state index in [2.05, 4.69) is 15.3 Å². The maximum absolute atomic E-state index is 13.6. The van der Waals surface area contributed by atoms with Crippen LogP contribution in [-0.2, 0) is 0 Å². The van der Waals surface area contributed by atoms with Crippen LogP contribution in [0.3, 0.4) is 0 Å².